The van der Waals surface area contributed by atoms with Gasteiger partial charge in [-0.3, -0.25) is 0 Å². The molecule has 0 saturated heterocycles. The molecule has 1 rings (SSSR count). The van der Waals surface area contributed by atoms with Gasteiger partial charge in [-0.2, -0.15) is 0 Å². The van der Waals surface area contributed by atoms with E-state index in [1.54, 1.807) is 13.8 Å². The van der Waals surface area contributed by atoms with Crippen LogP contribution in [-0.4, -0.2) is 19.7 Å². The maximum atomic E-state index is 11.8. The van der Waals surface area contributed by atoms with E-state index in [0.717, 1.165) is 9.13 Å². The van der Waals surface area contributed by atoms with Gasteiger partial charge in [-0.15, -0.1) is 0 Å². The van der Waals surface area contributed by atoms with Crippen LogP contribution < -0.4 is 5.73 Å². The van der Waals surface area contributed by atoms with E-state index in [1.165, 1.54) is 0 Å². The highest BCUT2D eigenvalue weighted by atomic mass is 127. The molecule has 1 aromatic carbocycles. The number of hydrogen-bond donors (Lipinski definition) is 1. The first-order valence-electron chi connectivity index (χ1n) is 4.92. The molecule has 0 unspecified atom stereocenters. The zero-order chi connectivity index (χ0) is 12.4. The fourth-order valence-corrected chi connectivity index (χ4v) is 3.75. The van der Waals surface area contributed by atoms with Gasteiger partial charge in [0.2, 0.25) is 0 Å². The number of benzene rings is 1. The lowest BCUT2D eigenvalue weighted by atomic mass is 10.1. The van der Waals surface area contributed by atoms with Crippen molar-refractivity contribution in [2.24, 2.45) is 5.73 Å². The summed E-state index contributed by atoms with van der Waals surface area (Å²) in [6.45, 7) is 3.44. The summed E-state index contributed by atoms with van der Waals surface area (Å²) in [6, 6.07) is 7.48. The lowest BCUT2D eigenvalue weighted by Crippen LogP contribution is -2.40. The number of halogens is 1. The summed E-state index contributed by atoms with van der Waals surface area (Å²) in [5.41, 5.74) is 5.85. The lowest BCUT2D eigenvalue weighted by Gasteiger charge is -2.18. The van der Waals surface area contributed by atoms with Gasteiger partial charge in [-0.1, -0.05) is 12.1 Å². The summed E-state index contributed by atoms with van der Waals surface area (Å²) in [6.07, 6.45) is 0. The van der Waals surface area contributed by atoms with Crippen molar-refractivity contribution in [3.05, 3.63) is 33.4 Å². The molecule has 2 N–H and O–H groups in total. The van der Waals surface area contributed by atoms with Crippen molar-refractivity contribution < 1.29 is 8.42 Å². The predicted octanol–water partition coefficient (Wildman–Crippen LogP) is 1.94. The Morgan fingerprint density at radius 1 is 1.25 bits per heavy atom. The highest BCUT2D eigenvalue weighted by Gasteiger charge is 2.22. The summed E-state index contributed by atoms with van der Waals surface area (Å²) in [4.78, 5) is 0. The molecular weight excluding hydrogens is 337 g/mol. The normalized spacial score (nSPS) is 12.8. The minimum atomic E-state index is -3.13. The van der Waals surface area contributed by atoms with Crippen LogP contribution in [0.25, 0.3) is 0 Å². The Morgan fingerprint density at radius 3 is 2.19 bits per heavy atom. The van der Waals surface area contributed by atoms with Crippen LogP contribution >= 0.6 is 22.6 Å². The van der Waals surface area contributed by atoms with E-state index in [0.29, 0.717) is 0 Å². The summed E-state index contributed by atoms with van der Waals surface area (Å²) in [5, 5.41) is 0. The minimum Gasteiger partial charge on any atom is -0.325 e. The Morgan fingerprint density at radius 2 is 1.75 bits per heavy atom. The van der Waals surface area contributed by atoms with Crippen LogP contribution in [0.15, 0.2) is 24.3 Å². The molecule has 0 aromatic heterocycles. The van der Waals surface area contributed by atoms with E-state index in [9.17, 15) is 8.42 Å². The summed E-state index contributed by atoms with van der Waals surface area (Å²) < 4.78 is 24.7. The van der Waals surface area contributed by atoms with Crippen molar-refractivity contribution in [2.75, 3.05) is 5.75 Å². The lowest BCUT2D eigenvalue weighted by molar-refractivity contribution is 0.544. The molecule has 0 bridgehead atoms. The molecule has 0 heterocycles. The second kappa shape index (κ2) is 5.01. The zero-order valence-electron chi connectivity index (χ0n) is 9.40. The highest BCUT2D eigenvalue weighted by Crippen LogP contribution is 2.13. The minimum absolute atomic E-state index is 0.00594. The van der Waals surface area contributed by atoms with Crippen LogP contribution in [-0.2, 0) is 15.6 Å². The van der Waals surface area contributed by atoms with E-state index in [4.69, 9.17) is 5.73 Å². The van der Waals surface area contributed by atoms with Gasteiger partial charge in [0.05, 0.1) is 11.5 Å². The molecule has 0 saturated carbocycles. The Hall–Kier alpha value is -0.140. The van der Waals surface area contributed by atoms with Gasteiger partial charge >= 0.3 is 0 Å². The molecule has 0 aliphatic carbocycles. The molecule has 1 aromatic rings. The third-order valence-electron chi connectivity index (χ3n) is 1.89. The van der Waals surface area contributed by atoms with E-state index in [-0.39, 0.29) is 11.5 Å². The van der Waals surface area contributed by atoms with Crippen LogP contribution in [0.1, 0.15) is 19.4 Å². The van der Waals surface area contributed by atoms with Crippen molar-refractivity contribution in [3.8, 4) is 0 Å². The van der Waals surface area contributed by atoms with Crippen LogP contribution in [0.3, 0.4) is 0 Å². The standard InChI is InChI=1S/C11H16INO2S/c1-11(2,13)8-16(14,15)7-9-3-5-10(12)6-4-9/h3-6H,7-8,13H2,1-2H3. The van der Waals surface area contributed by atoms with E-state index in [2.05, 4.69) is 22.6 Å². The fraction of sp³-hybridized carbons (Fsp3) is 0.455. The number of sulfone groups is 1. The van der Waals surface area contributed by atoms with Gasteiger partial charge in [0, 0.05) is 9.11 Å². The largest absolute Gasteiger partial charge is 0.325 e. The van der Waals surface area contributed by atoms with Crippen LogP contribution in [0.2, 0.25) is 0 Å². The van der Waals surface area contributed by atoms with Gasteiger partial charge in [-0.25, -0.2) is 8.42 Å². The van der Waals surface area contributed by atoms with Crippen LogP contribution in [0.5, 0.6) is 0 Å². The molecule has 0 aliphatic heterocycles. The highest BCUT2D eigenvalue weighted by molar-refractivity contribution is 14.1. The Kier molecular flexibility index (Phi) is 4.36. The molecule has 0 atom stereocenters. The molecule has 16 heavy (non-hydrogen) atoms. The summed E-state index contributed by atoms with van der Waals surface area (Å²) >= 11 is 2.19. The predicted molar refractivity (Wildman–Crippen MR) is 74.9 cm³/mol. The average Bonchev–Trinajstić information content (AvgIpc) is 2.04. The van der Waals surface area contributed by atoms with Crippen molar-refractivity contribution in [3.63, 3.8) is 0 Å². The van der Waals surface area contributed by atoms with Crippen molar-refractivity contribution >= 4 is 32.4 Å². The van der Waals surface area contributed by atoms with Gasteiger partial charge in [0.1, 0.15) is 0 Å². The first-order valence-corrected chi connectivity index (χ1v) is 7.82. The second-order valence-electron chi connectivity index (χ2n) is 4.65. The molecule has 0 radical (unpaired) electrons. The first-order chi connectivity index (χ1) is 7.18. The quantitative estimate of drug-likeness (QED) is 0.842. The van der Waals surface area contributed by atoms with E-state index < -0.39 is 15.4 Å². The smallest absolute Gasteiger partial charge is 0.156 e. The van der Waals surface area contributed by atoms with E-state index >= 15 is 0 Å². The molecule has 3 nitrogen and oxygen atoms in total. The average molecular weight is 353 g/mol. The third-order valence-corrected chi connectivity index (χ3v) is 4.57. The van der Waals surface area contributed by atoms with Crippen molar-refractivity contribution in [1.29, 1.82) is 0 Å². The number of rotatable bonds is 4. The summed E-state index contributed by atoms with van der Waals surface area (Å²) in [5.74, 6) is 0.0660. The third kappa shape index (κ3) is 5.27. The maximum absolute atomic E-state index is 11.8. The Bertz CT molecular complexity index is 446. The topological polar surface area (TPSA) is 60.2 Å². The Labute approximate surface area is 110 Å². The SMILES string of the molecule is CC(C)(N)CS(=O)(=O)Cc1ccc(I)cc1. The molecular formula is C11H16INO2S. The van der Waals surface area contributed by atoms with Gasteiger partial charge in [-0.05, 0) is 54.1 Å². The fourth-order valence-electron chi connectivity index (χ4n) is 1.45. The molecule has 90 valence electrons. The molecule has 0 aliphatic rings. The van der Waals surface area contributed by atoms with E-state index in [1.807, 2.05) is 24.3 Å². The van der Waals surface area contributed by atoms with Crippen molar-refractivity contribution in [1.82, 2.24) is 0 Å². The van der Waals surface area contributed by atoms with Gasteiger partial charge < -0.3 is 5.73 Å². The van der Waals surface area contributed by atoms with Gasteiger partial charge in [0.15, 0.2) is 9.84 Å². The second-order valence-corrected chi connectivity index (χ2v) is 7.96. The molecule has 0 spiro atoms. The Balaban J connectivity index is 2.77. The number of nitrogens with two attached hydrogens (primary N) is 1. The molecule has 0 fully saturated rings. The number of hydrogen-bond acceptors (Lipinski definition) is 3. The first kappa shape index (κ1) is 13.9. The zero-order valence-corrected chi connectivity index (χ0v) is 12.4. The molecule has 5 heteroatoms. The van der Waals surface area contributed by atoms with Crippen LogP contribution in [0.4, 0.5) is 0 Å². The van der Waals surface area contributed by atoms with Crippen LogP contribution in [0, 0.1) is 3.57 Å². The van der Waals surface area contributed by atoms with Crippen molar-refractivity contribution in [2.45, 2.75) is 25.1 Å². The maximum Gasteiger partial charge on any atom is 0.156 e. The van der Waals surface area contributed by atoms with Gasteiger partial charge in [0.25, 0.3) is 0 Å². The monoisotopic (exact) mass is 353 g/mol. The summed E-state index contributed by atoms with van der Waals surface area (Å²) in [7, 11) is -3.13. The molecule has 0 amide bonds.